The Morgan fingerprint density at radius 3 is 2.62 bits per heavy atom. The molecule has 0 saturated carbocycles. The number of carbonyl (C=O) groups is 1. The average molecular weight is 368 g/mol. The summed E-state index contributed by atoms with van der Waals surface area (Å²) in [4.78, 5) is 29.7. The number of hydrogen-bond donors (Lipinski definition) is 1. The van der Waals surface area contributed by atoms with Gasteiger partial charge in [0.1, 0.15) is 5.69 Å². The van der Waals surface area contributed by atoms with Gasteiger partial charge in [-0.15, -0.1) is 11.3 Å². The molecule has 7 heteroatoms. The minimum Gasteiger partial charge on any atom is -0.350 e. The van der Waals surface area contributed by atoms with Gasteiger partial charge in [0.25, 0.3) is 11.5 Å². The monoisotopic (exact) mass is 368 g/mol. The van der Waals surface area contributed by atoms with Crippen LogP contribution in [0, 0.1) is 20.8 Å². The summed E-state index contributed by atoms with van der Waals surface area (Å²) < 4.78 is 1.38. The van der Waals surface area contributed by atoms with Crippen LogP contribution in [-0.2, 0) is 6.54 Å². The molecule has 0 bridgehead atoms. The molecule has 0 fully saturated rings. The van der Waals surface area contributed by atoms with Crippen molar-refractivity contribution < 1.29 is 4.79 Å². The van der Waals surface area contributed by atoms with E-state index in [4.69, 9.17) is 0 Å². The standard InChI is InChI=1S/C19H20N4O2S/c1-12-6-4-5-7-15(12)19(25)20-10-11-23-17(24)9-8-16(22-23)18-13(2)21-14(3)26-18/h4-9H,10-11H2,1-3H3,(H,20,25). The van der Waals surface area contributed by atoms with Crippen LogP contribution >= 0.6 is 11.3 Å². The van der Waals surface area contributed by atoms with Gasteiger partial charge < -0.3 is 5.32 Å². The lowest BCUT2D eigenvalue weighted by atomic mass is 10.1. The normalized spacial score (nSPS) is 10.7. The molecule has 1 aromatic carbocycles. The van der Waals surface area contributed by atoms with Gasteiger partial charge in [0.05, 0.1) is 22.1 Å². The van der Waals surface area contributed by atoms with E-state index < -0.39 is 0 Å². The van der Waals surface area contributed by atoms with Gasteiger partial charge in [0.15, 0.2) is 0 Å². The Labute approximate surface area is 155 Å². The maximum Gasteiger partial charge on any atom is 0.266 e. The van der Waals surface area contributed by atoms with E-state index >= 15 is 0 Å². The molecule has 26 heavy (non-hydrogen) atoms. The van der Waals surface area contributed by atoms with Crippen molar-refractivity contribution >= 4 is 17.2 Å². The Bertz CT molecular complexity index is 1010. The van der Waals surface area contributed by atoms with Crippen LogP contribution in [0.2, 0.25) is 0 Å². The van der Waals surface area contributed by atoms with E-state index in [0.29, 0.717) is 18.7 Å². The van der Waals surface area contributed by atoms with Crippen LogP contribution in [-0.4, -0.2) is 27.2 Å². The first-order chi connectivity index (χ1) is 12.5. The van der Waals surface area contributed by atoms with E-state index in [1.54, 1.807) is 23.5 Å². The number of thiazole rings is 1. The molecule has 0 atom stereocenters. The van der Waals surface area contributed by atoms with Crippen LogP contribution in [0.25, 0.3) is 10.6 Å². The van der Waals surface area contributed by atoms with Crippen molar-refractivity contribution in [2.75, 3.05) is 6.54 Å². The fraction of sp³-hybridized carbons (Fsp3) is 0.263. The summed E-state index contributed by atoms with van der Waals surface area (Å²) >= 11 is 1.55. The number of amides is 1. The van der Waals surface area contributed by atoms with Crippen molar-refractivity contribution in [2.24, 2.45) is 0 Å². The topological polar surface area (TPSA) is 76.9 Å². The molecular weight excluding hydrogens is 348 g/mol. The number of nitrogens with one attached hydrogen (secondary N) is 1. The second-order valence-corrected chi connectivity index (χ2v) is 7.20. The molecule has 134 valence electrons. The molecular formula is C19H20N4O2S. The molecule has 0 aliphatic heterocycles. The van der Waals surface area contributed by atoms with Gasteiger partial charge >= 0.3 is 0 Å². The summed E-state index contributed by atoms with van der Waals surface area (Å²) in [5.74, 6) is -0.152. The number of benzene rings is 1. The molecule has 3 aromatic rings. The maximum atomic E-state index is 12.3. The Morgan fingerprint density at radius 1 is 1.15 bits per heavy atom. The number of hydrogen-bond acceptors (Lipinski definition) is 5. The molecule has 0 unspecified atom stereocenters. The van der Waals surface area contributed by atoms with E-state index in [1.807, 2.05) is 39.0 Å². The van der Waals surface area contributed by atoms with Crippen molar-refractivity contribution in [3.05, 3.63) is 68.6 Å². The van der Waals surface area contributed by atoms with Gasteiger partial charge in [-0.2, -0.15) is 5.10 Å². The summed E-state index contributed by atoms with van der Waals surface area (Å²) in [5.41, 5.74) is 2.98. The van der Waals surface area contributed by atoms with Crippen molar-refractivity contribution in [1.82, 2.24) is 20.1 Å². The van der Waals surface area contributed by atoms with Crippen LogP contribution in [0.4, 0.5) is 0 Å². The predicted octanol–water partition coefficient (Wildman–Crippen LogP) is 2.72. The van der Waals surface area contributed by atoms with Crippen LogP contribution in [0.5, 0.6) is 0 Å². The number of aromatic nitrogens is 3. The van der Waals surface area contributed by atoms with E-state index in [0.717, 1.165) is 26.8 Å². The molecule has 0 saturated heterocycles. The van der Waals surface area contributed by atoms with E-state index in [-0.39, 0.29) is 11.5 Å². The Kier molecular flexibility index (Phi) is 5.27. The quantitative estimate of drug-likeness (QED) is 0.751. The van der Waals surface area contributed by atoms with Crippen LogP contribution in [0.1, 0.15) is 26.6 Å². The SMILES string of the molecule is Cc1nc(C)c(-c2ccc(=O)n(CCNC(=O)c3ccccc3C)n2)s1. The summed E-state index contributed by atoms with van der Waals surface area (Å²) in [7, 11) is 0. The number of rotatable bonds is 5. The first-order valence-corrected chi connectivity index (χ1v) is 9.14. The molecule has 0 spiro atoms. The molecule has 2 heterocycles. The van der Waals surface area contributed by atoms with Crippen molar-refractivity contribution in [1.29, 1.82) is 0 Å². The van der Waals surface area contributed by atoms with Crippen LogP contribution < -0.4 is 10.9 Å². The van der Waals surface area contributed by atoms with Crippen molar-refractivity contribution in [3.63, 3.8) is 0 Å². The smallest absolute Gasteiger partial charge is 0.266 e. The third-order valence-electron chi connectivity index (χ3n) is 4.00. The first kappa shape index (κ1) is 18.0. The molecule has 0 aliphatic rings. The molecule has 0 aliphatic carbocycles. The highest BCUT2D eigenvalue weighted by Gasteiger charge is 2.11. The number of aryl methyl sites for hydroxylation is 3. The Hall–Kier alpha value is -2.80. The zero-order valence-electron chi connectivity index (χ0n) is 14.9. The van der Waals surface area contributed by atoms with Crippen LogP contribution in [0.3, 0.4) is 0 Å². The number of carbonyl (C=O) groups excluding carboxylic acids is 1. The minimum atomic E-state index is -0.196. The van der Waals surface area contributed by atoms with Crippen molar-refractivity contribution in [2.45, 2.75) is 27.3 Å². The highest BCUT2D eigenvalue weighted by Crippen LogP contribution is 2.27. The van der Waals surface area contributed by atoms with Gasteiger partial charge in [0.2, 0.25) is 0 Å². The van der Waals surface area contributed by atoms with E-state index in [1.165, 1.54) is 10.7 Å². The third kappa shape index (κ3) is 3.88. The predicted molar refractivity (Wildman–Crippen MR) is 103 cm³/mol. The maximum absolute atomic E-state index is 12.3. The molecule has 6 nitrogen and oxygen atoms in total. The van der Waals surface area contributed by atoms with Crippen LogP contribution in [0.15, 0.2) is 41.2 Å². The summed E-state index contributed by atoms with van der Waals surface area (Å²) in [6.45, 7) is 6.39. The third-order valence-corrected chi connectivity index (χ3v) is 5.10. The molecule has 1 amide bonds. The highest BCUT2D eigenvalue weighted by molar-refractivity contribution is 7.15. The van der Waals surface area contributed by atoms with E-state index in [2.05, 4.69) is 15.4 Å². The largest absolute Gasteiger partial charge is 0.350 e. The summed E-state index contributed by atoms with van der Waals surface area (Å²) in [6, 6.07) is 10.6. The molecule has 0 radical (unpaired) electrons. The second-order valence-electron chi connectivity index (χ2n) is 6.00. The lowest BCUT2D eigenvalue weighted by Crippen LogP contribution is -2.32. The Balaban J connectivity index is 1.71. The second kappa shape index (κ2) is 7.61. The van der Waals surface area contributed by atoms with Gasteiger partial charge in [-0.05, 0) is 38.5 Å². The molecule has 2 aromatic heterocycles. The minimum absolute atomic E-state index is 0.152. The fourth-order valence-corrected chi connectivity index (χ4v) is 3.58. The lowest BCUT2D eigenvalue weighted by Gasteiger charge is -2.09. The zero-order chi connectivity index (χ0) is 18.7. The Morgan fingerprint density at radius 2 is 1.92 bits per heavy atom. The van der Waals surface area contributed by atoms with Gasteiger partial charge in [-0.3, -0.25) is 9.59 Å². The molecule has 3 rings (SSSR count). The lowest BCUT2D eigenvalue weighted by molar-refractivity contribution is 0.0951. The summed E-state index contributed by atoms with van der Waals surface area (Å²) in [5, 5.41) is 8.23. The van der Waals surface area contributed by atoms with E-state index in [9.17, 15) is 9.59 Å². The first-order valence-electron chi connectivity index (χ1n) is 8.32. The zero-order valence-corrected chi connectivity index (χ0v) is 15.8. The average Bonchev–Trinajstić information content (AvgIpc) is 2.95. The molecule has 1 N–H and O–H groups in total. The summed E-state index contributed by atoms with van der Waals surface area (Å²) in [6.07, 6.45) is 0. The highest BCUT2D eigenvalue weighted by atomic mass is 32.1. The van der Waals surface area contributed by atoms with Gasteiger partial charge in [-0.1, -0.05) is 18.2 Å². The fourth-order valence-electron chi connectivity index (χ4n) is 2.70. The van der Waals surface area contributed by atoms with Crippen molar-refractivity contribution in [3.8, 4) is 10.6 Å². The van der Waals surface area contributed by atoms with Gasteiger partial charge in [-0.25, -0.2) is 9.67 Å². The number of nitrogens with zero attached hydrogens (tertiary/aromatic N) is 3. The van der Waals surface area contributed by atoms with Gasteiger partial charge in [0, 0.05) is 18.2 Å².